The lowest BCUT2D eigenvalue weighted by Gasteiger charge is -2.24. The Kier molecular flexibility index (Phi) is 4.51. The first-order chi connectivity index (χ1) is 9.56. The van der Waals surface area contributed by atoms with Crippen LogP contribution in [-0.2, 0) is 4.79 Å². The predicted octanol–water partition coefficient (Wildman–Crippen LogP) is 3.51. The van der Waals surface area contributed by atoms with Gasteiger partial charge in [0, 0.05) is 12.3 Å². The molecule has 0 aromatic heterocycles. The fourth-order valence-corrected chi connectivity index (χ4v) is 3.00. The second-order valence-corrected chi connectivity index (χ2v) is 6.00. The van der Waals surface area contributed by atoms with E-state index in [0.717, 1.165) is 5.56 Å². The van der Waals surface area contributed by atoms with Crippen LogP contribution >= 0.6 is 11.8 Å². The lowest BCUT2D eigenvalue weighted by molar-refractivity contribution is -0.120. The van der Waals surface area contributed by atoms with Crippen molar-refractivity contribution < 1.29 is 4.79 Å². The molecule has 0 unspecified atom stereocenters. The summed E-state index contributed by atoms with van der Waals surface area (Å²) in [5.74, 6) is 0.329. The summed E-state index contributed by atoms with van der Waals surface area (Å²) >= 11 is 1.41. The van der Waals surface area contributed by atoms with Gasteiger partial charge < -0.3 is 5.32 Å². The number of allylic oxidation sites excluding steroid dienone is 1. The van der Waals surface area contributed by atoms with Gasteiger partial charge in [-0.25, -0.2) is 0 Å². The number of nitrogens with one attached hydrogen (secondary N) is 1. The molecule has 0 fully saturated rings. The first kappa shape index (κ1) is 14.7. The van der Waals surface area contributed by atoms with Crippen LogP contribution in [0.15, 0.2) is 34.9 Å². The van der Waals surface area contributed by atoms with Crippen molar-refractivity contribution in [3.8, 4) is 6.07 Å². The molecule has 0 saturated heterocycles. The molecule has 0 saturated carbocycles. The Morgan fingerprint density at radius 3 is 2.50 bits per heavy atom. The largest absolute Gasteiger partial charge is 0.320 e. The topological polar surface area (TPSA) is 52.9 Å². The fraction of sp³-hybridized carbons (Fsp3) is 0.375. The Morgan fingerprint density at radius 2 is 2.00 bits per heavy atom. The minimum atomic E-state index is -0.127. The number of thioether (sulfide) groups is 1. The molecule has 1 amide bonds. The number of nitriles is 1. The van der Waals surface area contributed by atoms with Crippen molar-refractivity contribution in [2.24, 2.45) is 0 Å². The number of rotatable bonds is 3. The van der Waals surface area contributed by atoms with E-state index in [2.05, 4.69) is 37.4 Å². The van der Waals surface area contributed by atoms with E-state index in [9.17, 15) is 10.1 Å². The summed E-state index contributed by atoms with van der Waals surface area (Å²) in [7, 11) is 0. The Balaban J connectivity index is 2.39. The number of amides is 1. The minimum absolute atomic E-state index is 0.0220. The zero-order chi connectivity index (χ0) is 14.7. The van der Waals surface area contributed by atoms with E-state index in [0.29, 0.717) is 22.9 Å². The first-order valence-electron chi connectivity index (χ1n) is 6.64. The second-order valence-electron chi connectivity index (χ2n) is 5.18. The van der Waals surface area contributed by atoms with Gasteiger partial charge in [0.1, 0.15) is 0 Å². The van der Waals surface area contributed by atoms with Crippen LogP contribution in [-0.4, -0.2) is 12.2 Å². The van der Waals surface area contributed by atoms with Crippen LogP contribution in [0.25, 0.3) is 0 Å². The van der Waals surface area contributed by atoms with E-state index in [4.69, 9.17) is 0 Å². The van der Waals surface area contributed by atoms with Crippen LogP contribution in [0.5, 0.6) is 0 Å². The molecule has 1 aromatic rings. The van der Waals surface area contributed by atoms with Gasteiger partial charge >= 0.3 is 0 Å². The molecule has 1 aliphatic heterocycles. The van der Waals surface area contributed by atoms with Gasteiger partial charge in [-0.1, -0.05) is 38.1 Å². The highest BCUT2D eigenvalue weighted by Gasteiger charge is 2.28. The number of nitrogens with zero attached hydrogens (tertiary/aromatic N) is 1. The molecule has 4 heteroatoms. The van der Waals surface area contributed by atoms with E-state index in [1.54, 1.807) is 0 Å². The predicted molar refractivity (Wildman–Crippen MR) is 82.2 cm³/mol. The van der Waals surface area contributed by atoms with Gasteiger partial charge in [0.15, 0.2) is 0 Å². The van der Waals surface area contributed by atoms with E-state index in [1.807, 2.05) is 18.4 Å². The summed E-state index contributed by atoms with van der Waals surface area (Å²) in [6, 6.07) is 10.5. The summed E-state index contributed by atoms with van der Waals surface area (Å²) in [6.07, 6.45) is 2.21. The molecule has 1 atom stereocenters. The van der Waals surface area contributed by atoms with E-state index in [1.165, 1.54) is 17.3 Å². The molecule has 1 aliphatic rings. The van der Waals surface area contributed by atoms with Gasteiger partial charge in [0.05, 0.1) is 16.7 Å². The molecular formula is C16H18N2OS. The van der Waals surface area contributed by atoms with Crippen LogP contribution in [0.4, 0.5) is 0 Å². The Bertz CT molecular complexity index is 581. The third kappa shape index (κ3) is 2.88. The number of hydrogen-bond donors (Lipinski definition) is 1. The molecule has 0 radical (unpaired) electrons. The van der Waals surface area contributed by atoms with E-state index >= 15 is 0 Å². The molecule has 3 nitrogen and oxygen atoms in total. The number of carbonyl (C=O) groups excluding carboxylic acids is 1. The van der Waals surface area contributed by atoms with Crippen LogP contribution in [0, 0.1) is 11.3 Å². The van der Waals surface area contributed by atoms with E-state index < -0.39 is 0 Å². The van der Waals surface area contributed by atoms with Gasteiger partial charge in [-0.3, -0.25) is 4.79 Å². The maximum atomic E-state index is 11.8. The quantitative estimate of drug-likeness (QED) is 0.925. The smallest absolute Gasteiger partial charge is 0.225 e. The van der Waals surface area contributed by atoms with Crippen LogP contribution in [0.1, 0.15) is 43.2 Å². The molecule has 104 valence electrons. The zero-order valence-corrected chi connectivity index (χ0v) is 12.8. The van der Waals surface area contributed by atoms with Gasteiger partial charge in [-0.2, -0.15) is 5.26 Å². The van der Waals surface area contributed by atoms with Gasteiger partial charge in [0.25, 0.3) is 0 Å². The SMILES string of the molecule is CSC1=C(C#N)[C@H](c2ccc(C(C)C)cc2)CC(=O)N1. The Labute approximate surface area is 124 Å². The second kappa shape index (κ2) is 6.15. The molecular weight excluding hydrogens is 268 g/mol. The zero-order valence-electron chi connectivity index (χ0n) is 11.9. The Hall–Kier alpha value is -1.73. The lowest BCUT2D eigenvalue weighted by atomic mass is 9.86. The fourth-order valence-electron chi connectivity index (χ4n) is 2.38. The van der Waals surface area contributed by atoms with Crippen molar-refractivity contribution >= 4 is 17.7 Å². The normalized spacial score (nSPS) is 18.9. The molecule has 1 heterocycles. The average molecular weight is 286 g/mol. The van der Waals surface area contributed by atoms with Crippen molar-refractivity contribution in [2.75, 3.05) is 6.26 Å². The molecule has 20 heavy (non-hydrogen) atoms. The number of benzene rings is 1. The van der Waals surface area contributed by atoms with Gasteiger partial charge in [0.2, 0.25) is 5.91 Å². The van der Waals surface area contributed by atoms with Gasteiger partial charge in [-0.15, -0.1) is 11.8 Å². The summed E-state index contributed by atoms with van der Waals surface area (Å²) in [4.78, 5) is 11.8. The van der Waals surface area contributed by atoms with Gasteiger partial charge in [-0.05, 0) is 23.3 Å². The third-order valence-electron chi connectivity index (χ3n) is 3.57. The summed E-state index contributed by atoms with van der Waals surface area (Å²) < 4.78 is 0. The van der Waals surface area contributed by atoms with Crippen molar-refractivity contribution in [1.82, 2.24) is 5.32 Å². The van der Waals surface area contributed by atoms with E-state index in [-0.39, 0.29) is 11.8 Å². The molecule has 1 aromatic carbocycles. The lowest BCUT2D eigenvalue weighted by Crippen LogP contribution is -2.30. The molecule has 2 rings (SSSR count). The standard InChI is InChI=1S/C16H18N2OS/c1-10(2)11-4-6-12(7-5-11)13-8-15(19)18-16(20-3)14(13)9-17/h4-7,10,13H,8H2,1-3H3,(H,18,19)/t13-/m0/s1. The minimum Gasteiger partial charge on any atom is -0.320 e. The number of hydrogen-bond acceptors (Lipinski definition) is 3. The highest BCUT2D eigenvalue weighted by molar-refractivity contribution is 8.02. The highest BCUT2D eigenvalue weighted by Crippen LogP contribution is 2.35. The third-order valence-corrected chi connectivity index (χ3v) is 4.30. The Morgan fingerprint density at radius 1 is 1.35 bits per heavy atom. The van der Waals surface area contributed by atoms with Crippen LogP contribution in [0.3, 0.4) is 0 Å². The van der Waals surface area contributed by atoms with Crippen molar-refractivity contribution in [3.05, 3.63) is 46.0 Å². The van der Waals surface area contributed by atoms with Crippen molar-refractivity contribution in [3.63, 3.8) is 0 Å². The summed E-state index contributed by atoms with van der Waals surface area (Å²) in [5, 5.41) is 12.8. The number of carbonyl (C=O) groups is 1. The van der Waals surface area contributed by atoms with Crippen molar-refractivity contribution in [1.29, 1.82) is 5.26 Å². The molecule has 0 spiro atoms. The highest BCUT2D eigenvalue weighted by atomic mass is 32.2. The summed E-state index contributed by atoms with van der Waals surface area (Å²) in [6.45, 7) is 4.30. The molecule has 1 N–H and O–H groups in total. The first-order valence-corrected chi connectivity index (χ1v) is 7.87. The molecule has 0 aliphatic carbocycles. The maximum Gasteiger partial charge on any atom is 0.225 e. The van der Waals surface area contributed by atoms with Crippen molar-refractivity contribution in [2.45, 2.75) is 32.1 Å². The maximum absolute atomic E-state index is 11.8. The summed E-state index contributed by atoms with van der Waals surface area (Å²) in [5.41, 5.74) is 2.96. The monoisotopic (exact) mass is 286 g/mol. The average Bonchev–Trinajstić information content (AvgIpc) is 2.46. The molecule has 0 bridgehead atoms. The van der Waals surface area contributed by atoms with Crippen LogP contribution < -0.4 is 5.32 Å². The van der Waals surface area contributed by atoms with Crippen LogP contribution in [0.2, 0.25) is 0 Å².